The number of likely N-dealkylation sites (N-methyl/N-ethyl adjacent to an activating group) is 1. The molecule has 1 aliphatic heterocycles. The summed E-state index contributed by atoms with van der Waals surface area (Å²) in [6.07, 6.45) is -0.150. The monoisotopic (exact) mass is 399 g/mol. The van der Waals surface area contributed by atoms with E-state index < -0.39 is 17.7 Å². The average molecular weight is 400 g/mol. The zero-order chi connectivity index (χ0) is 20.4. The van der Waals surface area contributed by atoms with Crippen molar-refractivity contribution in [2.75, 3.05) is 34.4 Å². The van der Waals surface area contributed by atoms with Crippen molar-refractivity contribution >= 4 is 23.3 Å². The van der Waals surface area contributed by atoms with Crippen LogP contribution in [0.2, 0.25) is 0 Å². The maximum Gasteiger partial charge on any atom is 0.411 e. The Morgan fingerprint density at radius 1 is 1.41 bits per heavy atom. The van der Waals surface area contributed by atoms with Crippen LogP contribution in [0.3, 0.4) is 0 Å². The van der Waals surface area contributed by atoms with Crippen LogP contribution in [0.5, 0.6) is 0 Å². The molecule has 2 rings (SSSR count). The first kappa shape index (κ1) is 21.6. The van der Waals surface area contributed by atoms with Crippen molar-refractivity contribution in [1.82, 2.24) is 15.3 Å². The Morgan fingerprint density at radius 3 is 2.59 bits per heavy atom. The molecule has 2 N–H and O–H groups in total. The minimum atomic E-state index is -0.799. The predicted octanol–water partition coefficient (Wildman–Crippen LogP) is 1.85. The zero-order valence-corrected chi connectivity index (χ0v) is 17.6. The molecular formula is C18H29N3O5S. The molecule has 2 heterocycles. The van der Waals surface area contributed by atoms with Crippen LogP contribution in [0.15, 0.2) is 5.38 Å². The van der Waals surface area contributed by atoms with Crippen LogP contribution in [0.25, 0.3) is 0 Å². The second kappa shape index (κ2) is 8.55. The van der Waals surface area contributed by atoms with Crippen molar-refractivity contribution < 1.29 is 24.3 Å². The van der Waals surface area contributed by atoms with Gasteiger partial charge in [-0.15, -0.1) is 11.3 Å². The van der Waals surface area contributed by atoms with E-state index in [-0.39, 0.29) is 25.1 Å². The van der Waals surface area contributed by atoms with E-state index in [0.717, 1.165) is 16.0 Å². The van der Waals surface area contributed by atoms with Crippen LogP contribution in [0, 0.1) is 0 Å². The number of nitrogens with zero attached hydrogens (tertiary/aromatic N) is 2. The van der Waals surface area contributed by atoms with E-state index in [0.29, 0.717) is 6.42 Å². The molecule has 9 heteroatoms. The number of hydrogen-bond acceptors (Lipinski definition) is 7. The third kappa shape index (κ3) is 4.78. The Hall–Kier alpha value is -1.68. The van der Waals surface area contributed by atoms with E-state index in [4.69, 9.17) is 9.57 Å². The number of hydrogen-bond donors (Lipinski definition) is 2. The molecule has 0 aliphatic carbocycles. The third-order valence-corrected chi connectivity index (χ3v) is 5.33. The van der Waals surface area contributed by atoms with Gasteiger partial charge in [-0.25, -0.2) is 4.79 Å². The van der Waals surface area contributed by atoms with Crippen LogP contribution in [0.1, 0.15) is 48.9 Å². The van der Waals surface area contributed by atoms with Gasteiger partial charge in [-0.05, 0) is 38.1 Å². The van der Waals surface area contributed by atoms with E-state index in [2.05, 4.69) is 5.48 Å². The van der Waals surface area contributed by atoms with Gasteiger partial charge in [0.25, 0.3) is 0 Å². The van der Waals surface area contributed by atoms with Crippen molar-refractivity contribution in [3.63, 3.8) is 0 Å². The molecule has 2 amide bonds. The number of ether oxygens (including phenoxy) is 1. The van der Waals surface area contributed by atoms with Crippen molar-refractivity contribution in [2.24, 2.45) is 0 Å². The number of fused-ring (bicyclic) bond motifs is 1. The lowest BCUT2D eigenvalue weighted by Gasteiger charge is -2.40. The van der Waals surface area contributed by atoms with Gasteiger partial charge < -0.3 is 19.6 Å². The molecule has 0 saturated carbocycles. The molecule has 0 radical (unpaired) electrons. The summed E-state index contributed by atoms with van der Waals surface area (Å²) in [4.78, 5) is 34.9. The van der Waals surface area contributed by atoms with Gasteiger partial charge in [0.05, 0.1) is 13.2 Å². The number of aliphatic hydroxyl groups excluding tert-OH is 1. The summed E-state index contributed by atoms with van der Waals surface area (Å²) in [5, 5.41) is 11.4. The number of carbonyl (C=O) groups is 2. The molecule has 152 valence electrons. The highest BCUT2D eigenvalue weighted by atomic mass is 32.1. The molecule has 0 spiro atoms. The lowest BCUT2D eigenvalue weighted by Crippen LogP contribution is -2.51. The van der Waals surface area contributed by atoms with Gasteiger partial charge in [0.15, 0.2) is 0 Å². The smallest absolute Gasteiger partial charge is 0.411 e. The van der Waals surface area contributed by atoms with Crippen LogP contribution in [-0.2, 0) is 20.8 Å². The topological polar surface area (TPSA) is 91.3 Å². The number of rotatable bonds is 5. The number of thiophene rings is 1. The highest BCUT2D eigenvalue weighted by molar-refractivity contribution is 7.10. The highest BCUT2D eigenvalue weighted by Crippen LogP contribution is 2.42. The highest BCUT2D eigenvalue weighted by Gasteiger charge is 2.44. The molecule has 2 unspecified atom stereocenters. The molecule has 1 aromatic heterocycles. The van der Waals surface area contributed by atoms with Crippen molar-refractivity contribution in [3.8, 4) is 0 Å². The van der Waals surface area contributed by atoms with E-state index in [1.165, 1.54) is 28.2 Å². The Labute approximate surface area is 164 Å². The molecule has 1 aromatic rings. The Kier molecular flexibility index (Phi) is 6.85. The largest absolute Gasteiger partial charge is 0.444 e. The molecule has 0 bridgehead atoms. The fraction of sp³-hybridized carbons (Fsp3) is 0.667. The molecule has 27 heavy (non-hydrogen) atoms. The molecular weight excluding hydrogens is 370 g/mol. The van der Waals surface area contributed by atoms with Gasteiger partial charge in [0.1, 0.15) is 11.6 Å². The van der Waals surface area contributed by atoms with Gasteiger partial charge >= 0.3 is 6.09 Å². The lowest BCUT2D eigenvalue weighted by molar-refractivity contribution is -0.135. The van der Waals surface area contributed by atoms with E-state index in [1.54, 1.807) is 34.9 Å². The molecule has 0 saturated heterocycles. The Balaban J connectivity index is 2.55. The molecule has 8 nitrogen and oxygen atoms in total. The van der Waals surface area contributed by atoms with Gasteiger partial charge in [0, 0.05) is 37.7 Å². The van der Waals surface area contributed by atoms with Gasteiger partial charge in [-0.2, -0.15) is 5.48 Å². The Bertz CT molecular complexity index is 683. The van der Waals surface area contributed by atoms with Crippen molar-refractivity contribution in [1.29, 1.82) is 0 Å². The minimum absolute atomic E-state index is 0.0408. The van der Waals surface area contributed by atoms with Crippen LogP contribution >= 0.6 is 11.3 Å². The quantitative estimate of drug-likeness (QED) is 0.735. The normalized spacial score (nSPS) is 19.6. The zero-order valence-electron chi connectivity index (χ0n) is 16.7. The molecule has 1 aliphatic rings. The van der Waals surface area contributed by atoms with Gasteiger partial charge in [-0.3, -0.25) is 9.69 Å². The van der Waals surface area contributed by atoms with Gasteiger partial charge in [0.2, 0.25) is 5.91 Å². The van der Waals surface area contributed by atoms with Crippen LogP contribution in [0.4, 0.5) is 4.79 Å². The summed E-state index contributed by atoms with van der Waals surface area (Å²) in [6, 6.07) is -1.09. The third-order valence-electron chi connectivity index (χ3n) is 4.16. The molecule has 0 fully saturated rings. The fourth-order valence-corrected chi connectivity index (χ4v) is 4.26. The van der Waals surface area contributed by atoms with Crippen molar-refractivity contribution in [3.05, 3.63) is 21.4 Å². The molecule has 2 atom stereocenters. The summed E-state index contributed by atoms with van der Waals surface area (Å²) >= 11 is 1.50. The van der Waals surface area contributed by atoms with E-state index in [9.17, 15) is 14.7 Å². The number of amides is 2. The summed E-state index contributed by atoms with van der Waals surface area (Å²) in [7, 11) is 4.83. The van der Waals surface area contributed by atoms with E-state index >= 15 is 0 Å². The Morgan fingerprint density at radius 2 is 2.07 bits per heavy atom. The van der Waals surface area contributed by atoms with Gasteiger partial charge in [-0.1, -0.05) is 0 Å². The maximum absolute atomic E-state index is 13.0. The average Bonchev–Trinajstić information content (AvgIpc) is 2.97. The first-order valence-corrected chi connectivity index (χ1v) is 9.69. The lowest BCUT2D eigenvalue weighted by atomic mass is 9.92. The summed E-state index contributed by atoms with van der Waals surface area (Å²) in [5.74, 6) is -0.212. The van der Waals surface area contributed by atoms with E-state index in [1.807, 2.05) is 5.38 Å². The first-order chi connectivity index (χ1) is 12.6. The number of carbonyl (C=O) groups excluding carboxylic acids is 2. The van der Waals surface area contributed by atoms with Crippen LogP contribution in [-0.4, -0.2) is 66.9 Å². The second-order valence-corrected chi connectivity index (χ2v) is 8.57. The predicted molar refractivity (Wildman–Crippen MR) is 102 cm³/mol. The molecule has 0 aromatic carbocycles. The second-order valence-electron chi connectivity index (χ2n) is 7.65. The SMILES string of the molecule is CONC1CN(C(=O)OC(C)(C)C)C(C(=O)N(C)C)c2c(CCO)csc21. The number of aliphatic hydroxyl groups is 1. The summed E-state index contributed by atoms with van der Waals surface area (Å²) in [5.41, 5.74) is 3.83. The fourth-order valence-electron chi connectivity index (χ4n) is 3.09. The standard InChI is InChI=1S/C18H29N3O5S/c1-18(2,3)26-17(24)21-9-12(19-25-6)15-13(11(7-8-22)10-27-15)14(21)16(23)20(4)5/h10,12,14,19,22H,7-9H2,1-6H3. The first-order valence-electron chi connectivity index (χ1n) is 8.81. The van der Waals surface area contributed by atoms with Crippen LogP contribution < -0.4 is 5.48 Å². The van der Waals surface area contributed by atoms with Crippen molar-refractivity contribution in [2.45, 2.75) is 44.9 Å². The summed E-state index contributed by atoms with van der Waals surface area (Å²) < 4.78 is 5.56. The minimum Gasteiger partial charge on any atom is -0.444 e. The number of hydroxylamine groups is 1. The summed E-state index contributed by atoms with van der Waals surface area (Å²) in [6.45, 7) is 5.56. The number of nitrogens with one attached hydrogen (secondary N) is 1. The maximum atomic E-state index is 13.0.